The Bertz CT molecular complexity index is 1050. The molecule has 1 saturated heterocycles. The maximum atomic E-state index is 12.9. The molecule has 0 aliphatic carbocycles. The van der Waals surface area contributed by atoms with Crippen molar-refractivity contribution in [1.82, 2.24) is 20.2 Å². The van der Waals surface area contributed by atoms with Crippen LogP contribution in [0, 0.1) is 6.92 Å². The predicted molar refractivity (Wildman–Crippen MR) is 107 cm³/mol. The zero-order valence-corrected chi connectivity index (χ0v) is 15.8. The quantitative estimate of drug-likeness (QED) is 0.744. The summed E-state index contributed by atoms with van der Waals surface area (Å²) in [6, 6.07) is 6.86. The van der Waals surface area contributed by atoms with Gasteiger partial charge in [-0.25, -0.2) is 4.98 Å². The summed E-state index contributed by atoms with van der Waals surface area (Å²) in [5.41, 5.74) is 7.60. The van der Waals surface area contributed by atoms with Gasteiger partial charge in [-0.15, -0.1) is 0 Å². The minimum atomic E-state index is 0.153. The average Bonchev–Trinajstić information content (AvgIpc) is 3.41. The second-order valence-corrected chi connectivity index (χ2v) is 7.65. The van der Waals surface area contributed by atoms with E-state index in [1.165, 1.54) is 23.1 Å². The van der Waals surface area contributed by atoms with Gasteiger partial charge in [-0.05, 0) is 73.7 Å². The molecule has 1 aromatic carbocycles. The van der Waals surface area contributed by atoms with Gasteiger partial charge in [-0.2, -0.15) is 0 Å². The summed E-state index contributed by atoms with van der Waals surface area (Å²) in [5, 5.41) is 4.75. The van der Waals surface area contributed by atoms with Crippen LogP contribution < -0.4 is 5.32 Å². The molecular weight excluding hydrogens is 336 g/mol. The first kappa shape index (κ1) is 16.5. The average molecular weight is 360 g/mol. The topological polar surface area (TPSA) is 61.0 Å². The molecule has 2 aliphatic rings. The number of rotatable bonds is 3. The first-order valence-corrected chi connectivity index (χ1v) is 9.79. The lowest BCUT2D eigenvalue weighted by Gasteiger charge is -2.17. The molecule has 5 heteroatoms. The van der Waals surface area contributed by atoms with E-state index >= 15 is 0 Å². The monoisotopic (exact) mass is 360 g/mol. The van der Waals surface area contributed by atoms with E-state index in [2.05, 4.69) is 40.4 Å². The van der Waals surface area contributed by atoms with Gasteiger partial charge in [0.15, 0.2) is 0 Å². The van der Waals surface area contributed by atoms with Crippen molar-refractivity contribution in [1.29, 1.82) is 0 Å². The van der Waals surface area contributed by atoms with Crippen molar-refractivity contribution in [3.8, 4) is 11.1 Å². The standard InChI is InChI=1S/C22H24N4O/c1-3-26-12-19-17(20-5-4-6-23-20)7-14(8-18(19)22(26)27)15-9-16-13(2)10-24-21(16)25-11-15/h7-11,20,23H,3-6,12H2,1-2H3,(H,24,25). The number of H-pyrrole nitrogens is 1. The number of hydrogen-bond donors (Lipinski definition) is 2. The van der Waals surface area contributed by atoms with Crippen LogP contribution in [0.15, 0.2) is 30.6 Å². The van der Waals surface area contributed by atoms with Gasteiger partial charge in [-0.1, -0.05) is 0 Å². The Morgan fingerprint density at radius 2 is 2.15 bits per heavy atom. The van der Waals surface area contributed by atoms with Gasteiger partial charge in [0.05, 0.1) is 0 Å². The van der Waals surface area contributed by atoms with E-state index in [0.717, 1.165) is 53.8 Å². The molecule has 1 atom stereocenters. The zero-order valence-electron chi connectivity index (χ0n) is 15.8. The fourth-order valence-corrected chi connectivity index (χ4v) is 4.47. The molecule has 1 amide bonds. The van der Waals surface area contributed by atoms with Crippen LogP contribution in [-0.2, 0) is 6.54 Å². The first-order chi connectivity index (χ1) is 13.2. The molecule has 0 radical (unpaired) electrons. The molecule has 0 bridgehead atoms. The van der Waals surface area contributed by atoms with Crippen molar-refractivity contribution in [2.75, 3.05) is 13.1 Å². The molecule has 2 N–H and O–H groups in total. The van der Waals surface area contributed by atoms with Gasteiger partial charge in [0, 0.05) is 48.0 Å². The van der Waals surface area contributed by atoms with Crippen molar-refractivity contribution in [2.24, 2.45) is 0 Å². The minimum absolute atomic E-state index is 0.153. The van der Waals surface area contributed by atoms with Gasteiger partial charge in [0.2, 0.25) is 0 Å². The van der Waals surface area contributed by atoms with Crippen molar-refractivity contribution in [3.05, 3.63) is 52.8 Å². The van der Waals surface area contributed by atoms with E-state index < -0.39 is 0 Å². The van der Waals surface area contributed by atoms with Crippen molar-refractivity contribution in [3.63, 3.8) is 0 Å². The van der Waals surface area contributed by atoms with Crippen LogP contribution in [0.3, 0.4) is 0 Å². The third-order valence-electron chi connectivity index (χ3n) is 6.04. The number of benzene rings is 1. The number of aryl methyl sites for hydroxylation is 1. The lowest BCUT2D eigenvalue weighted by atomic mass is 9.91. The Labute approximate surface area is 158 Å². The predicted octanol–water partition coefficient (Wildman–Crippen LogP) is 3.94. The number of carbonyl (C=O) groups is 1. The van der Waals surface area contributed by atoms with E-state index in [1.54, 1.807) is 0 Å². The molecule has 5 rings (SSSR count). The summed E-state index contributed by atoms with van der Waals surface area (Å²) in [7, 11) is 0. The molecule has 1 unspecified atom stereocenters. The number of carbonyl (C=O) groups excluding carboxylic acids is 1. The Morgan fingerprint density at radius 1 is 1.26 bits per heavy atom. The highest BCUT2D eigenvalue weighted by Gasteiger charge is 2.32. The normalized spacial score (nSPS) is 19.3. The number of fused-ring (bicyclic) bond motifs is 2. The number of nitrogens with zero attached hydrogens (tertiary/aromatic N) is 2. The molecule has 138 valence electrons. The Morgan fingerprint density at radius 3 is 2.93 bits per heavy atom. The van der Waals surface area contributed by atoms with E-state index in [0.29, 0.717) is 6.04 Å². The van der Waals surface area contributed by atoms with Crippen LogP contribution in [0.4, 0.5) is 0 Å². The number of aromatic amines is 1. The van der Waals surface area contributed by atoms with Crippen LogP contribution >= 0.6 is 0 Å². The largest absolute Gasteiger partial charge is 0.346 e. The van der Waals surface area contributed by atoms with Gasteiger partial charge in [-0.3, -0.25) is 4.79 Å². The summed E-state index contributed by atoms with van der Waals surface area (Å²) < 4.78 is 0. The molecule has 1 fully saturated rings. The molecule has 27 heavy (non-hydrogen) atoms. The third kappa shape index (κ3) is 2.57. The lowest BCUT2D eigenvalue weighted by molar-refractivity contribution is 0.0787. The van der Waals surface area contributed by atoms with Gasteiger partial charge in [0.1, 0.15) is 5.65 Å². The smallest absolute Gasteiger partial charge is 0.254 e. The SMILES string of the molecule is CCN1Cc2c(cc(-c3cnc4[nH]cc(C)c4c3)cc2C2CCCN2)C1=O. The molecular formula is C22H24N4O. The van der Waals surface area contributed by atoms with Crippen LogP contribution in [0.1, 0.15) is 52.9 Å². The maximum absolute atomic E-state index is 12.9. The van der Waals surface area contributed by atoms with Crippen molar-refractivity contribution >= 4 is 16.9 Å². The number of nitrogens with one attached hydrogen (secondary N) is 2. The van der Waals surface area contributed by atoms with Crippen LogP contribution in [-0.4, -0.2) is 33.9 Å². The third-order valence-corrected chi connectivity index (χ3v) is 6.04. The van der Waals surface area contributed by atoms with Crippen LogP contribution in [0.5, 0.6) is 0 Å². The molecule has 3 aromatic rings. The first-order valence-electron chi connectivity index (χ1n) is 9.79. The molecule has 2 aromatic heterocycles. The van der Waals surface area contributed by atoms with Gasteiger partial charge >= 0.3 is 0 Å². The second kappa shape index (κ2) is 6.20. The minimum Gasteiger partial charge on any atom is -0.346 e. The van der Waals surface area contributed by atoms with E-state index in [-0.39, 0.29) is 5.91 Å². The Hall–Kier alpha value is -2.66. The highest BCUT2D eigenvalue weighted by atomic mass is 16.2. The maximum Gasteiger partial charge on any atom is 0.254 e. The lowest BCUT2D eigenvalue weighted by Crippen LogP contribution is -2.23. The Balaban J connectivity index is 1.68. The van der Waals surface area contributed by atoms with Crippen molar-refractivity contribution < 1.29 is 4.79 Å². The van der Waals surface area contributed by atoms with Gasteiger partial charge in [0.25, 0.3) is 5.91 Å². The Kier molecular flexibility index (Phi) is 3.79. The molecule has 0 spiro atoms. The highest BCUT2D eigenvalue weighted by Crippen LogP contribution is 2.37. The molecule has 0 saturated carbocycles. The molecule has 4 heterocycles. The van der Waals surface area contributed by atoms with Gasteiger partial charge < -0.3 is 15.2 Å². The number of pyridine rings is 1. The number of aromatic nitrogens is 2. The summed E-state index contributed by atoms with van der Waals surface area (Å²) in [4.78, 5) is 22.6. The summed E-state index contributed by atoms with van der Waals surface area (Å²) >= 11 is 0. The summed E-state index contributed by atoms with van der Waals surface area (Å²) in [6.45, 7) is 6.66. The highest BCUT2D eigenvalue weighted by molar-refractivity contribution is 6.00. The van der Waals surface area contributed by atoms with E-state index in [9.17, 15) is 4.79 Å². The molecule has 5 nitrogen and oxygen atoms in total. The van der Waals surface area contributed by atoms with E-state index in [4.69, 9.17) is 0 Å². The van der Waals surface area contributed by atoms with Crippen LogP contribution in [0.25, 0.3) is 22.2 Å². The zero-order chi connectivity index (χ0) is 18.5. The van der Waals surface area contributed by atoms with Crippen LogP contribution in [0.2, 0.25) is 0 Å². The fraction of sp³-hybridized carbons (Fsp3) is 0.364. The number of amides is 1. The van der Waals surface area contributed by atoms with E-state index in [1.807, 2.05) is 24.2 Å². The summed E-state index contributed by atoms with van der Waals surface area (Å²) in [6.07, 6.45) is 6.21. The fourth-order valence-electron chi connectivity index (χ4n) is 4.47. The summed E-state index contributed by atoms with van der Waals surface area (Å²) in [5.74, 6) is 0.153. The number of hydrogen-bond acceptors (Lipinski definition) is 3. The molecule has 2 aliphatic heterocycles. The van der Waals surface area contributed by atoms with Crippen molar-refractivity contribution in [2.45, 2.75) is 39.3 Å². The second-order valence-electron chi connectivity index (χ2n) is 7.65.